The third-order valence-corrected chi connectivity index (χ3v) is 3.01. The molecular formula is C12H16ClNO2. The molecule has 3 nitrogen and oxygen atoms in total. The predicted octanol–water partition coefficient (Wildman–Crippen LogP) is 2.82. The summed E-state index contributed by atoms with van der Waals surface area (Å²) < 4.78 is 0. The van der Waals surface area contributed by atoms with Crippen molar-refractivity contribution in [3.63, 3.8) is 0 Å². The fourth-order valence-corrected chi connectivity index (χ4v) is 1.94. The van der Waals surface area contributed by atoms with E-state index in [9.17, 15) is 4.79 Å². The highest BCUT2D eigenvalue weighted by Crippen LogP contribution is 2.28. The molecular weight excluding hydrogens is 226 g/mol. The normalized spacial score (nSPS) is 12.5. The molecule has 0 aliphatic carbocycles. The number of aryl methyl sites for hydroxylation is 2. The number of hydrogen-bond donors (Lipinski definition) is 2. The summed E-state index contributed by atoms with van der Waals surface area (Å²) in [7, 11) is 0. The van der Waals surface area contributed by atoms with Crippen LogP contribution in [0.25, 0.3) is 0 Å². The van der Waals surface area contributed by atoms with Gasteiger partial charge in [-0.05, 0) is 31.4 Å². The molecule has 1 rings (SSSR count). The van der Waals surface area contributed by atoms with Crippen LogP contribution in [0.15, 0.2) is 12.1 Å². The van der Waals surface area contributed by atoms with Gasteiger partial charge in [-0.15, -0.1) is 0 Å². The van der Waals surface area contributed by atoms with Gasteiger partial charge in [0.25, 0.3) is 0 Å². The fourth-order valence-electron chi connectivity index (χ4n) is 1.69. The van der Waals surface area contributed by atoms with E-state index >= 15 is 0 Å². The molecule has 0 bridgehead atoms. The van der Waals surface area contributed by atoms with E-state index in [1.807, 2.05) is 26.0 Å². The Hall–Kier alpha value is -1.06. The topological polar surface area (TPSA) is 63.3 Å². The van der Waals surface area contributed by atoms with Crippen LogP contribution in [0.5, 0.6) is 0 Å². The third kappa shape index (κ3) is 3.22. The lowest BCUT2D eigenvalue weighted by atomic mass is 9.98. The summed E-state index contributed by atoms with van der Waals surface area (Å²) in [6.07, 6.45) is 0.461. The van der Waals surface area contributed by atoms with Gasteiger partial charge in [0.05, 0.1) is 0 Å². The van der Waals surface area contributed by atoms with Crippen LogP contribution in [-0.2, 0) is 4.79 Å². The van der Waals surface area contributed by atoms with Gasteiger partial charge in [-0.25, -0.2) is 0 Å². The Morgan fingerprint density at radius 1 is 1.50 bits per heavy atom. The van der Waals surface area contributed by atoms with E-state index in [-0.39, 0.29) is 12.5 Å². The number of carboxylic acids is 1. The van der Waals surface area contributed by atoms with Gasteiger partial charge in [-0.1, -0.05) is 29.3 Å². The quantitative estimate of drug-likeness (QED) is 0.852. The second-order valence-electron chi connectivity index (χ2n) is 4.02. The van der Waals surface area contributed by atoms with Crippen molar-refractivity contribution >= 4 is 17.6 Å². The SMILES string of the molecule is Cc1cc(C)c(Cl)c(C(N)CCC(=O)O)c1. The fraction of sp³-hybridized carbons (Fsp3) is 0.417. The zero-order valence-corrected chi connectivity index (χ0v) is 10.2. The average molecular weight is 242 g/mol. The summed E-state index contributed by atoms with van der Waals surface area (Å²) in [5.74, 6) is -0.837. The molecule has 4 heteroatoms. The predicted molar refractivity (Wildman–Crippen MR) is 64.7 cm³/mol. The average Bonchev–Trinajstić information content (AvgIpc) is 2.19. The molecule has 0 fully saturated rings. The van der Waals surface area contributed by atoms with Gasteiger partial charge in [0.2, 0.25) is 0 Å². The Labute approximate surface area is 100 Å². The molecule has 0 amide bonds. The van der Waals surface area contributed by atoms with Crippen LogP contribution in [-0.4, -0.2) is 11.1 Å². The molecule has 16 heavy (non-hydrogen) atoms. The highest BCUT2D eigenvalue weighted by molar-refractivity contribution is 6.32. The Balaban J connectivity index is 2.90. The molecule has 0 aliphatic heterocycles. The van der Waals surface area contributed by atoms with Gasteiger partial charge in [-0.3, -0.25) is 4.79 Å². The van der Waals surface area contributed by atoms with Crippen LogP contribution in [0.4, 0.5) is 0 Å². The zero-order valence-electron chi connectivity index (χ0n) is 9.46. The molecule has 0 aliphatic rings. The largest absolute Gasteiger partial charge is 0.481 e. The van der Waals surface area contributed by atoms with Crippen molar-refractivity contribution in [1.82, 2.24) is 0 Å². The van der Waals surface area contributed by atoms with Gasteiger partial charge < -0.3 is 10.8 Å². The maximum absolute atomic E-state index is 10.5. The molecule has 0 saturated heterocycles. The van der Waals surface area contributed by atoms with Crippen molar-refractivity contribution in [2.45, 2.75) is 32.7 Å². The monoisotopic (exact) mass is 241 g/mol. The lowest BCUT2D eigenvalue weighted by molar-refractivity contribution is -0.137. The first-order valence-electron chi connectivity index (χ1n) is 5.16. The highest BCUT2D eigenvalue weighted by Gasteiger charge is 2.13. The van der Waals surface area contributed by atoms with Gasteiger partial charge in [0.1, 0.15) is 0 Å². The minimum Gasteiger partial charge on any atom is -0.481 e. The molecule has 0 spiro atoms. The number of aliphatic carboxylic acids is 1. The number of hydrogen-bond acceptors (Lipinski definition) is 2. The number of nitrogens with two attached hydrogens (primary N) is 1. The van der Waals surface area contributed by atoms with Gasteiger partial charge in [-0.2, -0.15) is 0 Å². The maximum Gasteiger partial charge on any atom is 0.303 e. The van der Waals surface area contributed by atoms with Crippen LogP contribution in [0, 0.1) is 13.8 Å². The molecule has 1 atom stereocenters. The second kappa shape index (κ2) is 5.32. The first-order valence-corrected chi connectivity index (χ1v) is 5.53. The van der Waals surface area contributed by atoms with Crippen LogP contribution < -0.4 is 5.73 Å². The number of rotatable bonds is 4. The Morgan fingerprint density at radius 2 is 2.12 bits per heavy atom. The van der Waals surface area contributed by atoms with Crippen molar-refractivity contribution in [2.24, 2.45) is 5.73 Å². The molecule has 1 aromatic carbocycles. The summed E-state index contributed by atoms with van der Waals surface area (Å²) in [5, 5.41) is 9.24. The second-order valence-corrected chi connectivity index (χ2v) is 4.40. The summed E-state index contributed by atoms with van der Waals surface area (Å²) in [6.45, 7) is 3.89. The van der Waals surface area contributed by atoms with Gasteiger partial charge in [0, 0.05) is 17.5 Å². The van der Waals surface area contributed by atoms with Crippen LogP contribution in [0.2, 0.25) is 5.02 Å². The lowest BCUT2D eigenvalue weighted by Crippen LogP contribution is -2.13. The minimum atomic E-state index is -0.837. The lowest BCUT2D eigenvalue weighted by Gasteiger charge is -2.15. The van der Waals surface area contributed by atoms with Crippen molar-refractivity contribution < 1.29 is 9.90 Å². The van der Waals surface area contributed by atoms with Crippen LogP contribution >= 0.6 is 11.6 Å². The van der Waals surface area contributed by atoms with E-state index in [4.69, 9.17) is 22.4 Å². The van der Waals surface area contributed by atoms with E-state index in [0.29, 0.717) is 11.4 Å². The smallest absolute Gasteiger partial charge is 0.303 e. The Bertz CT molecular complexity index is 404. The number of halogens is 1. The summed E-state index contributed by atoms with van der Waals surface area (Å²) >= 11 is 6.15. The molecule has 0 saturated carbocycles. The van der Waals surface area contributed by atoms with Crippen molar-refractivity contribution in [1.29, 1.82) is 0 Å². The molecule has 1 unspecified atom stereocenters. The van der Waals surface area contributed by atoms with Crippen LogP contribution in [0.3, 0.4) is 0 Å². The standard InChI is InChI=1S/C12H16ClNO2/c1-7-5-8(2)12(13)9(6-7)10(14)3-4-11(15)16/h5-6,10H,3-4,14H2,1-2H3,(H,15,16). The molecule has 3 N–H and O–H groups in total. The minimum absolute atomic E-state index is 0.0600. The number of benzene rings is 1. The molecule has 0 heterocycles. The number of carbonyl (C=O) groups is 1. The van der Waals surface area contributed by atoms with Gasteiger partial charge in [0.15, 0.2) is 0 Å². The molecule has 1 aromatic rings. The summed E-state index contributed by atoms with van der Waals surface area (Å²) in [5.41, 5.74) is 8.83. The number of carboxylic acid groups (broad SMARTS) is 1. The maximum atomic E-state index is 10.5. The van der Waals surface area contributed by atoms with Crippen LogP contribution in [0.1, 0.15) is 35.6 Å². The van der Waals surface area contributed by atoms with Crippen molar-refractivity contribution in [3.05, 3.63) is 33.8 Å². The third-order valence-electron chi connectivity index (χ3n) is 2.50. The van der Waals surface area contributed by atoms with E-state index < -0.39 is 5.97 Å². The van der Waals surface area contributed by atoms with Gasteiger partial charge >= 0.3 is 5.97 Å². The first kappa shape index (κ1) is 13.0. The van der Waals surface area contributed by atoms with E-state index in [1.54, 1.807) is 0 Å². The first-order chi connectivity index (χ1) is 7.41. The van der Waals surface area contributed by atoms with Crippen molar-refractivity contribution in [3.8, 4) is 0 Å². The van der Waals surface area contributed by atoms with E-state index in [1.165, 1.54) is 0 Å². The molecule has 0 radical (unpaired) electrons. The Kier molecular flexibility index (Phi) is 4.33. The molecule has 0 aromatic heterocycles. The summed E-state index contributed by atoms with van der Waals surface area (Å²) in [4.78, 5) is 10.5. The van der Waals surface area contributed by atoms with E-state index in [0.717, 1.165) is 16.7 Å². The van der Waals surface area contributed by atoms with Crippen molar-refractivity contribution in [2.75, 3.05) is 0 Å². The summed E-state index contributed by atoms with van der Waals surface area (Å²) in [6, 6.07) is 3.58. The highest BCUT2D eigenvalue weighted by atomic mass is 35.5. The van der Waals surface area contributed by atoms with E-state index in [2.05, 4.69) is 0 Å². The molecule has 88 valence electrons. The Morgan fingerprint density at radius 3 is 2.69 bits per heavy atom. The zero-order chi connectivity index (χ0) is 12.3.